The number of benzene rings is 2. The molecule has 2 aromatic rings. The summed E-state index contributed by atoms with van der Waals surface area (Å²) in [6, 6.07) is 13.6. The fourth-order valence-electron chi connectivity index (χ4n) is 2.13. The van der Waals surface area contributed by atoms with Gasteiger partial charge >= 0.3 is 0 Å². The van der Waals surface area contributed by atoms with Crippen LogP contribution in [0.1, 0.15) is 24.1 Å². The summed E-state index contributed by atoms with van der Waals surface area (Å²) in [7, 11) is 3.21. The van der Waals surface area contributed by atoms with Crippen LogP contribution in [0.4, 0.5) is 0 Å². The second-order valence-corrected chi connectivity index (χ2v) is 4.89. The molecule has 0 aliphatic heterocycles. The second-order valence-electron chi connectivity index (χ2n) is 4.89. The summed E-state index contributed by atoms with van der Waals surface area (Å²) in [6.45, 7) is 2.79. The molecule has 0 heterocycles. The molecule has 4 heteroatoms. The summed E-state index contributed by atoms with van der Waals surface area (Å²) < 4.78 is 10.4. The van der Waals surface area contributed by atoms with Gasteiger partial charge in [0.2, 0.25) is 0 Å². The quantitative estimate of drug-likeness (QED) is 0.856. The smallest absolute Gasteiger partial charge is 0.160 e. The molecule has 2 aromatic carbocycles. The van der Waals surface area contributed by atoms with E-state index in [2.05, 4.69) is 18.3 Å². The van der Waals surface area contributed by atoms with Crippen molar-refractivity contribution in [3.63, 3.8) is 0 Å². The number of phenolic OH excluding ortho intramolecular Hbond substituents is 1. The molecule has 0 unspecified atom stereocenters. The van der Waals surface area contributed by atoms with E-state index in [4.69, 9.17) is 9.47 Å². The van der Waals surface area contributed by atoms with Gasteiger partial charge in [0.1, 0.15) is 5.75 Å². The van der Waals surface area contributed by atoms with E-state index in [0.29, 0.717) is 12.3 Å². The van der Waals surface area contributed by atoms with Crippen LogP contribution in [-0.2, 0) is 6.54 Å². The maximum absolute atomic E-state index is 9.59. The fraction of sp³-hybridized carbons (Fsp3) is 0.294. The molecule has 21 heavy (non-hydrogen) atoms. The molecule has 0 aliphatic rings. The Hall–Kier alpha value is -2.20. The predicted molar refractivity (Wildman–Crippen MR) is 82.9 cm³/mol. The van der Waals surface area contributed by atoms with Crippen LogP contribution >= 0.6 is 0 Å². The number of rotatable bonds is 6. The summed E-state index contributed by atoms with van der Waals surface area (Å²) >= 11 is 0. The number of methoxy groups -OCH3 is 2. The monoisotopic (exact) mass is 287 g/mol. The van der Waals surface area contributed by atoms with E-state index in [1.165, 1.54) is 5.56 Å². The van der Waals surface area contributed by atoms with E-state index in [1.54, 1.807) is 20.3 Å². The Kier molecular flexibility index (Phi) is 5.06. The number of phenols is 1. The first-order valence-corrected chi connectivity index (χ1v) is 6.87. The van der Waals surface area contributed by atoms with Gasteiger partial charge in [0.05, 0.1) is 14.2 Å². The highest BCUT2D eigenvalue weighted by Gasteiger charge is 2.07. The molecule has 0 aliphatic carbocycles. The van der Waals surface area contributed by atoms with Crippen molar-refractivity contribution in [2.75, 3.05) is 14.2 Å². The molecule has 0 saturated heterocycles. The molecule has 4 nitrogen and oxygen atoms in total. The third-order valence-corrected chi connectivity index (χ3v) is 3.45. The summed E-state index contributed by atoms with van der Waals surface area (Å²) in [5.41, 5.74) is 2.22. The van der Waals surface area contributed by atoms with Crippen LogP contribution in [-0.4, -0.2) is 19.3 Å². The third-order valence-electron chi connectivity index (χ3n) is 3.45. The van der Waals surface area contributed by atoms with E-state index < -0.39 is 0 Å². The van der Waals surface area contributed by atoms with Crippen LogP contribution in [0.15, 0.2) is 42.5 Å². The Morgan fingerprint density at radius 3 is 2.62 bits per heavy atom. The molecule has 0 saturated carbocycles. The maximum atomic E-state index is 9.59. The topological polar surface area (TPSA) is 50.7 Å². The van der Waals surface area contributed by atoms with Crippen molar-refractivity contribution < 1.29 is 14.6 Å². The standard InChI is InChI=1S/C17H21NO3/c1-12(14-5-4-6-15(10-14)20-2)18-11-13-7-8-16(19)17(9-13)21-3/h4-10,12,18-19H,11H2,1-3H3/t12-/m1/s1. The van der Waals surface area contributed by atoms with Gasteiger partial charge in [0.25, 0.3) is 0 Å². The van der Waals surface area contributed by atoms with Gasteiger partial charge in [0.15, 0.2) is 11.5 Å². The van der Waals surface area contributed by atoms with Gasteiger partial charge in [-0.15, -0.1) is 0 Å². The molecule has 112 valence electrons. The number of hydrogen-bond donors (Lipinski definition) is 2. The molecule has 2 rings (SSSR count). The van der Waals surface area contributed by atoms with E-state index in [0.717, 1.165) is 11.3 Å². The van der Waals surface area contributed by atoms with Crippen LogP contribution in [0.5, 0.6) is 17.2 Å². The minimum Gasteiger partial charge on any atom is -0.504 e. The summed E-state index contributed by atoms with van der Waals surface area (Å²) in [6.07, 6.45) is 0. The van der Waals surface area contributed by atoms with E-state index in [9.17, 15) is 5.11 Å². The zero-order chi connectivity index (χ0) is 15.2. The third kappa shape index (κ3) is 3.89. The van der Waals surface area contributed by atoms with Crippen LogP contribution < -0.4 is 14.8 Å². The number of aromatic hydroxyl groups is 1. The fourth-order valence-corrected chi connectivity index (χ4v) is 2.13. The molecule has 0 aromatic heterocycles. The van der Waals surface area contributed by atoms with Crippen molar-refractivity contribution in [2.24, 2.45) is 0 Å². The Labute approximate surface area is 125 Å². The van der Waals surface area contributed by atoms with Crippen molar-refractivity contribution in [3.8, 4) is 17.2 Å². The molecule has 0 fully saturated rings. The van der Waals surface area contributed by atoms with Gasteiger partial charge < -0.3 is 19.9 Å². The van der Waals surface area contributed by atoms with Crippen molar-refractivity contribution in [2.45, 2.75) is 19.5 Å². The molecule has 0 amide bonds. The Balaban J connectivity index is 2.01. The SMILES string of the molecule is COc1cccc([C@@H](C)NCc2ccc(O)c(OC)c2)c1. The van der Waals surface area contributed by atoms with Crippen molar-refractivity contribution in [3.05, 3.63) is 53.6 Å². The molecule has 2 N–H and O–H groups in total. The molecule has 0 radical (unpaired) electrons. The molecule has 0 bridgehead atoms. The highest BCUT2D eigenvalue weighted by Crippen LogP contribution is 2.26. The lowest BCUT2D eigenvalue weighted by Gasteiger charge is -2.15. The number of nitrogens with one attached hydrogen (secondary N) is 1. The second kappa shape index (κ2) is 6.99. The molecule has 1 atom stereocenters. The largest absolute Gasteiger partial charge is 0.504 e. The zero-order valence-corrected chi connectivity index (χ0v) is 12.6. The van der Waals surface area contributed by atoms with Gasteiger partial charge in [-0.05, 0) is 42.3 Å². The van der Waals surface area contributed by atoms with Gasteiger partial charge in [-0.25, -0.2) is 0 Å². The molecule has 0 spiro atoms. The first-order valence-electron chi connectivity index (χ1n) is 6.87. The van der Waals surface area contributed by atoms with Crippen LogP contribution in [0.3, 0.4) is 0 Å². The lowest BCUT2D eigenvalue weighted by Crippen LogP contribution is -2.18. The summed E-state index contributed by atoms with van der Waals surface area (Å²) in [5.74, 6) is 1.50. The van der Waals surface area contributed by atoms with Gasteiger partial charge in [0, 0.05) is 12.6 Å². The van der Waals surface area contributed by atoms with Gasteiger partial charge in [-0.1, -0.05) is 18.2 Å². The van der Waals surface area contributed by atoms with Crippen molar-refractivity contribution in [1.82, 2.24) is 5.32 Å². The van der Waals surface area contributed by atoms with E-state index in [1.807, 2.05) is 30.3 Å². The van der Waals surface area contributed by atoms with Crippen molar-refractivity contribution >= 4 is 0 Å². The number of hydrogen-bond acceptors (Lipinski definition) is 4. The van der Waals surface area contributed by atoms with E-state index in [-0.39, 0.29) is 11.8 Å². The van der Waals surface area contributed by atoms with Crippen LogP contribution in [0, 0.1) is 0 Å². The average molecular weight is 287 g/mol. The average Bonchev–Trinajstić information content (AvgIpc) is 2.53. The Morgan fingerprint density at radius 2 is 1.90 bits per heavy atom. The minimum absolute atomic E-state index is 0.155. The highest BCUT2D eigenvalue weighted by atomic mass is 16.5. The van der Waals surface area contributed by atoms with Crippen LogP contribution in [0.25, 0.3) is 0 Å². The van der Waals surface area contributed by atoms with E-state index >= 15 is 0 Å². The van der Waals surface area contributed by atoms with Crippen LogP contribution in [0.2, 0.25) is 0 Å². The lowest BCUT2D eigenvalue weighted by molar-refractivity contribution is 0.372. The Morgan fingerprint density at radius 1 is 1.10 bits per heavy atom. The maximum Gasteiger partial charge on any atom is 0.160 e. The lowest BCUT2D eigenvalue weighted by atomic mass is 10.1. The first kappa shape index (κ1) is 15.2. The van der Waals surface area contributed by atoms with Gasteiger partial charge in [-0.2, -0.15) is 0 Å². The molecular weight excluding hydrogens is 266 g/mol. The molecular formula is C17H21NO3. The summed E-state index contributed by atoms with van der Waals surface area (Å²) in [4.78, 5) is 0. The highest BCUT2D eigenvalue weighted by molar-refractivity contribution is 5.41. The predicted octanol–water partition coefficient (Wildman–Crippen LogP) is 3.26. The number of ether oxygens (including phenoxy) is 2. The minimum atomic E-state index is 0.155. The Bertz CT molecular complexity index is 598. The summed E-state index contributed by atoms with van der Waals surface area (Å²) in [5, 5.41) is 13.0. The zero-order valence-electron chi connectivity index (χ0n) is 12.6. The normalized spacial score (nSPS) is 12.0. The van der Waals surface area contributed by atoms with Gasteiger partial charge in [-0.3, -0.25) is 0 Å². The van der Waals surface area contributed by atoms with Crippen molar-refractivity contribution in [1.29, 1.82) is 0 Å². The first-order chi connectivity index (χ1) is 10.1.